The highest BCUT2D eigenvalue weighted by atomic mass is 79.9. The van der Waals surface area contributed by atoms with Crippen LogP contribution in [0.5, 0.6) is 0 Å². The molecule has 0 aliphatic rings. The summed E-state index contributed by atoms with van der Waals surface area (Å²) in [6, 6.07) is 4.30. The summed E-state index contributed by atoms with van der Waals surface area (Å²) in [7, 11) is 0. The third-order valence-electron chi connectivity index (χ3n) is 2.51. The summed E-state index contributed by atoms with van der Waals surface area (Å²) in [6.07, 6.45) is -1.44. The zero-order chi connectivity index (χ0) is 12.3. The van der Waals surface area contributed by atoms with Crippen LogP contribution < -0.4 is 0 Å². The van der Waals surface area contributed by atoms with E-state index in [0.29, 0.717) is 5.56 Å². The monoisotopic (exact) mass is 290 g/mol. The molecule has 0 aromatic heterocycles. The van der Waals surface area contributed by atoms with Crippen molar-refractivity contribution in [1.29, 1.82) is 0 Å². The molecular weight excluding hydrogens is 275 g/mol. The van der Waals surface area contributed by atoms with Gasteiger partial charge >= 0.3 is 0 Å². The van der Waals surface area contributed by atoms with Gasteiger partial charge in [0.1, 0.15) is 5.82 Å². The summed E-state index contributed by atoms with van der Waals surface area (Å²) in [6.45, 7) is 3.66. The van der Waals surface area contributed by atoms with Gasteiger partial charge in [0.25, 0.3) is 0 Å². The van der Waals surface area contributed by atoms with E-state index in [1.165, 1.54) is 12.1 Å². The molecule has 4 heteroatoms. The molecule has 0 heterocycles. The Balaban J connectivity index is 2.76. The predicted molar refractivity (Wildman–Crippen MR) is 64.7 cm³/mol. The smallest absolute Gasteiger partial charge is 0.123 e. The first-order chi connectivity index (χ1) is 7.41. The normalized spacial score (nSPS) is 15.2. The van der Waals surface area contributed by atoms with Crippen LogP contribution in [0, 0.1) is 11.7 Å². The third kappa shape index (κ3) is 3.54. The summed E-state index contributed by atoms with van der Waals surface area (Å²) in [4.78, 5) is 0. The minimum atomic E-state index is -0.877. The van der Waals surface area contributed by atoms with Gasteiger partial charge in [-0.1, -0.05) is 29.8 Å². The van der Waals surface area contributed by atoms with Gasteiger partial charge in [0, 0.05) is 10.9 Å². The van der Waals surface area contributed by atoms with E-state index in [4.69, 9.17) is 0 Å². The van der Waals surface area contributed by atoms with Gasteiger partial charge in [-0.2, -0.15) is 0 Å². The number of benzene rings is 1. The Bertz CT molecular complexity index is 355. The second kappa shape index (κ2) is 5.75. The van der Waals surface area contributed by atoms with Crippen molar-refractivity contribution >= 4 is 15.9 Å². The standard InChI is InChI=1S/C12H16BrFO2/c1-7(2)12(16)11(15)6-8-5-9(14)3-4-10(8)13/h3-5,7,11-12,15-16H,6H2,1-2H3. The van der Waals surface area contributed by atoms with E-state index in [2.05, 4.69) is 15.9 Å². The highest BCUT2D eigenvalue weighted by molar-refractivity contribution is 9.10. The highest BCUT2D eigenvalue weighted by Gasteiger charge is 2.20. The van der Waals surface area contributed by atoms with Crippen molar-refractivity contribution in [3.63, 3.8) is 0 Å². The third-order valence-corrected chi connectivity index (χ3v) is 3.29. The lowest BCUT2D eigenvalue weighted by atomic mass is 9.96. The predicted octanol–water partition coefficient (Wildman–Crippen LogP) is 2.51. The maximum absolute atomic E-state index is 13.0. The molecule has 2 unspecified atom stereocenters. The number of rotatable bonds is 4. The Hall–Kier alpha value is -0.450. The molecule has 0 saturated heterocycles. The summed E-state index contributed by atoms with van der Waals surface area (Å²) < 4.78 is 13.7. The van der Waals surface area contributed by atoms with E-state index in [1.54, 1.807) is 6.07 Å². The van der Waals surface area contributed by atoms with Crippen molar-refractivity contribution in [2.75, 3.05) is 0 Å². The van der Waals surface area contributed by atoms with Gasteiger partial charge in [-0.25, -0.2) is 4.39 Å². The number of halogens is 2. The average Bonchev–Trinajstić information content (AvgIpc) is 2.22. The van der Waals surface area contributed by atoms with Gasteiger partial charge < -0.3 is 10.2 Å². The van der Waals surface area contributed by atoms with E-state index in [-0.39, 0.29) is 18.2 Å². The minimum absolute atomic E-state index is 0.0256. The molecule has 0 spiro atoms. The molecule has 1 rings (SSSR count). The zero-order valence-electron chi connectivity index (χ0n) is 9.32. The fourth-order valence-corrected chi connectivity index (χ4v) is 1.90. The lowest BCUT2D eigenvalue weighted by Gasteiger charge is -2.21. The maximum atomic E-state index is 13.0. The van der Waals surface area contributed by atoms with Gasteiger partial charge in [-0.05, 0) is 29.7 Å². The molecule has 90 valence electrons. The molecule has 0 radical (unpaired) electrons. The maximum Gasteiger partial charge on any atom is 0.123 e. The van der Waals surface area contributed by atoms with Crippen molar-refractivity contribution in [2.24, 2.45) is 5.92 Å². The van der Waals surface area contributed by atoms with E-state index in [1.807, 2.05) is 13.8 Å². The molecule has 0 aliphatic carbocycles. The van der Waals surface area contributed by atoms with Crippen molar-refractivity contribution in [3.8, 4) is 0 Å². The number of aliphatic hydroxyl groups excluding tert-OH is 2. The number of hydrogen-bond donors (Lipinski definition) is 2. The van der Waals surface area contributed by atoms with Crippen LogP contribution in [0.4, 0.5) is 4.39 Å². The van der Waals surface area contributed by atoms with Crippen LogP contribution in [0.2, 0.25) is 0 Å². The SMILES string of the molecule is CC(C)C(O)C(O)Cc1cc(F)ccc1Br. The van der Waals surface area contributed by atoms with E-state index >= 15 is 0 Å². The van der Waals surface area contributed by atoms with Crippen LogP contribution >= 0.6 is 15.9 Å². The Kier molecular flexibility index (Phi) is 4.89. The molecule has 1 aromatic carbocycles. The van der Waals surface area contributed by atoms with Gasteiger partial charge in [-0.15, -0.1) is 0 Å². The molecule has 1 aromatic rings. The quantitative estimate of drug-likeness (QED) is 0.895. The molecule has 2 nitrogen and oxygen atoms in total. The van der Waals surface area contributed by atoms with Crippen molar-refractivity contribution in [1.82, 2.24) is 0 Å². The second-order valence-corrected chi connectivity index (χ2v) is 5.10. The molecule has 0 fully saturated rings. The first-order valence-corrected chi connectivity index (χ1v) is 6.01. The number of aliphatic hydroxyl groups is 2. The molecule has 2 atom stereocenters. The fraction of sp³-hybridized carbons (Fsp3) is 0.500. The Morgan fingerprint density at radius 2 is 1.94 bits per heavy atom. The Morgan fingerprint density at radius 1 is 1.31 bits per heavy atom. The first kappa shape index (κ1) is 13.6. The van der Waals surface area contributed by atoms with Crippen LogP contribution in [0.15, 0.2) is 22.7 Å². The van der Waals surface area contributed by atoms with Crippen molar-refractivity contribution in [3.05, 3.63) is 34.1 Å². The molecule has 0 amide bonds. The summed E-state index contributed by atoms with van der Waals surface area (Å²) in [5.74, 6) is -0.369. The van der Waals surface area contributed by atoms with Crippen LogP contribution in [-0.2, 0) is 6.42 Å². The van der Waals surface area contributed by atoms with Crippen LogP contribution in [0.25, 0.3) is 0 Å². The Morgan fingerprint density at radius 3 is 2.50 bits per heavy atom. The summed E-state index contributed by atoms with van der Waals surface area (Å²) >= 11 is 3.29. The van der Waals surface area contributed by atoms with Gasteiger partial charge in [0.2, 0.25) is 0 Å². The van der Waals surface area contributed by atoms with Crippen molar-refractivity contribution in [2.45, 2.75) is 32.5 Å². The molecular formula is C12H16BrFO2. The van der Waals surface area contributed by atoms with Crippen LogP contribution in [0.1, 0.15) is 19.4 Å². The minimum Gasteiger partial charge on any atom is -0.390 e. The Labute approximate surface area is 103 Å². The lowest BCUT2D eigenvalue weighted by Crippen LogP contribution is -2.32. The van der Waals surface area contributed by atoms with Gasteiger partial charge in [-0.3, -0.25) is 0 Å². The molecule has 0 bridgehead atoms. The summed E-state index contributed by atoms with van der Waals surface area (Å²) in [5, 5.41) is 19.4. The second-order valence-electron chi connectivity index (χ2n) is 4.24. The topological polar surface area (TPSA) is 40.5 Å². The molecule has 2 N–H and O–H groups in total. The number of hydrogen-bond acceptors (Lipinski definition) is 2. The van der Waals surface area contributed by atoms with Crippen molar-refractivity contribution < 1.29 is 14.6 Å². The van der Waals surface area contributed by atoms with E-state index in [0.717, 1.165) is 4.47 Å². The molecule has 0 aliphatic heterocycles. The zero-order valence-corrected chi connectivity index (χ0v) is 10.9. The first-order valence-electron chi connectivity index (χ1n) is 5.22. The highest BCUT2D eigenvalue weighted by Crippen LogP contribution is 2.21. The average molecular weight is 291 g/mol. The van der Waals surface area contributed by atoms with Crippen LogP contribution in [0.3, 0.4) is 0 Å². The van der Waals surface area contributed by atoms with E-state index < -0.39 is 12.2 Å². The molecule has 16 heavy (non-hydrogen) atoms. The van der Waals surface area contributed by atoms with E-state index in [9.17, 15) is 14.6 Å². The molecule has 0 saturated carbocycles. The summed E-state index contributed by atoms with van der Waals surface area (Å²) in [5.41, 5.74) is 0.659. The van der Waals surface area contributed by atoms with Crippen LogP contribution in [-0.4, -0.2) is 22.4 Å². The largest absolute Gasteiger partial charge is 0.390 e. The fourth-order valence-electron chi connectivity index (χ4n) is 1.49. The van der Waals surface area contributed by atoms with Gasteiger partial charge in [0.05, 0.1) is 12.2 Å². The lowest BCUT2D eigenvalue weighted by molar-refractivity contribution is -0.00741. The van der Waals surface area contributed by atoms with Gasteiger partial charge in [0.15, 0.2) is 0 Å².